The van der Waals surface area contributed by atoms with Crippen molar-refractivity contribution in [1.82, 2.24) is 4.98 Å². The van der Waals surface area contributed by atoms with Crippen LogP contribution in [0.25, 0.3) is 11.1 Å². The summed E-state index contributed by atoms with van der Waals surface area (Å²) >= 11 is 1.82. The minimum Gasteiger partial charge on any atom is -0.441 e. The van der Waals surface area contributed by atoms with Gasteiger partial charge >= 0.3 is 0 Å². The zero-order chi connectivity index (χ0) is 12.5. The molecule has 0 aliphatic heterocycles. The van der Waals surface area contributed by atoms with Crippen molar-refractivity contribution in [3.8, 4) is 0 Å². The molecule has 3 aromatic rings. The lowest BCUT2D eigenvalue weighted by molar-refractivity contribution is 0.561. The summed E-state index contributed by atoms with van der Waals surface area (Å²) in [6.07, 6.45) is 0. The molecule has 0 spiro atoms. The predicted molar refractivity (Wildman–Crippen MR) is 75.1 cm³/mol. The maximum atomic E-state index is 5.45. The standard InChI is InChI=1S/C14H14N2OS/c1-9-3-5-12(18-9)8-15-11-4-6-14-13(7-11)16-10(2)17-14/h3-7,15H,8H2,1-2H3. The number of hydrogen-bond donors (Lipinski definition) is 1. The monoisotopic (exact) mass is 258 g/mol. The Morgan fingerprint density at radius 1 is 1.22 bits per heavy atom. The van der Waals surface area contributed by atoms with Crippen LogP contribution in [0.5, 0.6) is 0 Å². The van der Waals surface area contributed by atoms with Crippen molar-refractivity contribution in [2.45, 2.75) is 20.4 Å². The number of aromatic nitrogens is 1. The number of rotatable bonds is 3. The first-order chi connectivity index (χ1) is 8.70. The molecule has 18 heavy (non-hydrogen) atoms. The van der Waals surface area contributed by atoms with Crippen LogP contribution in [0.1, 0.15) is 15.6 Å². The zero-order valence-electron chi connectivity index (χ0n) is 10.4. The molecular formula is C14H14N2OS. The maximum absolute atomic E-state index is 5.45. The van der Waals surface area contributed by atoms with Crippen molar-refractivity contribution in [3.05, 3.63) is 46.0 Å². The van der Waals surface area contributed by atoms with Gasteiger partial charge in [0.1, 0.15) is 5.52 Å². The molecule has 0 saturated carbocycles. The average molecular weight is 258 g/mol. The highest BCUT2D eigenvalue weighted by Gasteiger charge is 2.03. The second-order valence-corrected chi connectivity index (χ2v) is 5.65. The van der Waals surface area contributed by atoms with Gasteiger partial charge in [-0.05, 0) is 37.3 Å². The molecule has 0 fully saturated rings. The molecular weight excluding hydrogens is 244 g/mol. The van der Waals surface area contributed by atoms with Gasteiger partial charge in [-0.15, -0.1) is 11.3 Å². The van der Waals surface area contributed by atoms with Crippen molar-refractivity contribution in [2.75, 3.05) is 5.32 Å². The highest BCUT2D eigenvalue weighted by atomic mass is 32.1. The summed E-state index contributed by atoms with van der Waals surface area (Å²) in [5, 5.41) is 3.40. The smallest absolute Gasteiger partial charge is 0.192 e. The fourth-order valence-corrected chi connectivity index (χ4v) is 2.75. The van der Waals surface area contributed by atoms with Crippen LogP contribution in [-0.2, 0) is 6.54 Å². The van der Waals surface area contributed by atoms with Crippen molar-refractivity contribution in [2.24, 2.45) is 0 Å². The Bertz CT molecular complexity index is 684. The van der Waals surface area contributed by atoms with E-state index in [-0.39, 0.29) is 0 Å². The second-order valence-electron chi connectivity index (χ2n) is 4.28. The molecule has 2 aromatic heterocycles. The predicted octanol–water partition coefficient (Wildman–Crippen LogP) is 4.12. The van der Waals surface area contributed by atoms with Crippen LogP contribution >= 0.6 is 11.3 Å². The Morgan fingerprint density at radius 3 is 2.89 bits per heavy atom. The van der Waals surface area contributed by atoms with Gasteiger partial charge in [-0.1, -0.05) is 0 Å². The number of benzene rings is 1. The third-order valence-electron chi connectivity index (χ3n) is 2.76. The van der Waals surface area contributed by atoms with Gasteiger partial charge in [0.25, 0.3) is 0 Å². The lowest BCUT2D eigenvalue weighted by atomic mass is 10.3. The molecule has 0 unspecified atom stereocenters. The number of aryl methyl sites for hydroxylation is 2. The molecule has 0 amide bonds. The third-order valence-corrected chi connectivity index (χ3v) is 3.76. The van der Waals surface area contributed by atoms with Crippen LogP contribution < -0.4 is 5.32 Å². The van der Waals surface area contributed by atoms with Gasteiger partial charge in [-0.2, -0.15) is 0 Å². The van der Waals surface area contributed by atoms with Crippen LogP contribution in [0.15, 0.2) is 34.7 Å². The van der Waals surface area contributed by atoms with E-state index < -0.39 is 0 Å². The van der Waals surface area contributed by atoms with E-state index >= 15 is 0 Å². The summed E-state index contributed by atoms with van der Waals surface area (Å²) in [7, 11) is 0. The van der Waals surface area contributed by atoms with Gasteiger partial charge in [0.15, 0.2) is 11.5 Å². The summed E-state index contributed by atoms with van der Waals surface area (Å²) in [5.41, 5.74) is 2.81. The number of oxazole rings is 1. The fraction of sp³-hybridized carbons (Fsp3) is 0.214. The van der Waals surface area contributed by atoms with E-state index in [2.05, 4.69) is 29.4 Å². The largest absolute Gasteiger partial charge is 0.441 e. The Hall–Kier alpha value is -1.81. The number of hydrogen-bond acceptors (Lipinski definition) is 4. The van der Waals surface area contributed by atoms with Gasteiger partial charge in [-0.3, -0.25) is 0 Å². The van der Waals surface area contributed by atoms with Crippen LogP contribution in [0.3, 0.4) is 0 Å². The van der Waals surface area contributed by atoms with Crippen LogP contribution in [0.4, 0.5) is 5.69 Å². The van der Waals surface area contributed by atoms with Gasteiger partial charge in [0.2, 0.25) is 0 Å². The summed E-state index contributed by atoms with van der Waals surface area (Å²) in [6, 6.07) is 10.3. The number of nitrogens with one attached hydrogen (secondary N) is 1. The topological polar surface area (TPSA) is 38.1 Å². The molecule has 92 valence electrons. The maximum Gasteiger partial charge on any atom is 0.192 e. The Kier molecular flexibility index (Phi) is 2.80. The van der Waals surface area contributed by atoms with Crippen molar-refractivity contribution in [3.63, 3.8) is 0 Å². The van der Waals surface area contributed by atoms with E-state index in [1.165, 1.54) is 9.75 Å². The summed E-state index contributed by atoms with van der Waals surface area (Å²) in [4.78, 5) is 7.01. The first-order valence-electron chi connectivity index (χ1n) is 5.87. The molecule has 1 N–H and O–H groups in total. The molecule has 0 aliphatic carbocycles. The van der Waals surface area contributed by atoms with E-state index in [0.29, 0.717) is 5.89 Å². The van der Waals surface area contributed by atoms with Gasteiger partial charge < -0.3 is 9.73 Å². The molecule has 3 nitrogen and oxygen atoms in total. The second kappa shape index (κ2) is 4.46. The minimum atomic E-state index is 0.705. The van der Waals surface area contributed by atoms with Crippen molar-refractivity contribution < 1.29 is 4.42 Å². The lowest BCUT2D eigenvalue weighted by Crippen LogP contribution is -1.96. The zero-order valence-corrected chi connectivity index (χ0v) is 11.2. The van der Waals surface area contributed by atoms with E-state index in [1.54, 1.807) is 0 Å². The minimum absolute atomic E-state index is 0.705. The first-order valence-corrected chi connectivity index (χ1v) is 6.69. The van der Waals surface area contributed by atoms with Gasteiger partial charge in [0.05, 0.1) is 0 Å². The molecule has 0 saturated heterocycles. The molecule has 1 aromatic carbocycles. The molecule has 2 heterocycles. The van der Waals surface area contributed by atoms with Crippen LogP contribution in [-0.4, -0.2) is 4.98 Å². The number of thiophene rings is 1. The summed E-state index contributed by atoms with van der Waals surface area (Å²) in [6.45, 7) is 4.83. The number of anilines is 1. The molecule has 0 atom stereocenters. The highest BCUT2D eigenvalue weighted by molar-refractivity contribution is 7.11. The van der Waals surface area contributed by atoms with E-state index in [1.807, 2.05) is 36.5 Å². The fourth-order valence-electron chi connectivity index (χ4n) is 1.92. The molecule has 4 heteroatoms. The SMILES string of the molecule is Cc1nc2cc(NCc3ccc(C)s3)ccc2o1. The van der Waals surface area contributed by atoms with Crippen molar-refractivity contribution >= 4 is 28.1 Å². The lowest BCUT2D eigenvalue weighted by Gasteiger charge is -2.03. The van der Waals surface area contributed by atoms with Gasteiger partial charge in [0, 0.05) is 28.9 Å². The normalized spacial score (nSPS) is 11.0. The molecule has 0 radical (unpaired) electrons. The van der Waals surface area contributed by atoms with Crippen molar-refractivity contribution in [1.29, 1.82) is 0 Å². The van der Waals surface area contributed by atoms with E-state index in [9.17, 15) is 0 Å². The number of nitrogens with zero attached hydrogens (tertiary/aromatic N) is 1. The average Bonchev–Trinajstić information content (AvgIpc) is 2.90. The number of fused-ring (bicyclic) bond motifs is 1. The van der Waals surface area contributed by atoms with Crippen LogP contribution in [0.2, 0.25) is 0 Å². The third kappa shape index (κ3) is 2.24. The molecule has 0 aliphatic rings. The molecule has 3 rings (SSSR count). The van der Waals surface area contributed by atoms with Gasteiger partial charge in [-0.25, -0.2) is 4.98 Å². The van der Waals surface area contributed by atoms with Crippen LogP contribution in [0, 0.1) is 13.8 Å². The highest BCUT2D eigenvalue weighted by Crippen LogP contribution is 2.21. The quantitative estimate of drug-likeness (QED) is 0.768. The first kappa shape index (κ1) is 11.3. The summed E-state index contributed by atoms with van der Waals surface area (Å²) < 4.78 is 5.45. The van der Waals surface area contributed by atoms with E-state index in [0.717, 1.165) is 23.3 Å². The Labute approximate surface area is 109 Å². The molecule has 0 bridgehead atoms. The Morgan fingerprint density at radius 2 is 2.11 bits per heavy atom. The van der Waals surface area contributed by atoms with E-state index in [4.69, 9.17) is 4.42 Å². The summed E-state index contributed by atoms with van der Waals surface area (Å²) in [5.74, 6) is 0.705. The Balaban J connectivity index is 1.78.